The standard InChI is InChI=1S/C19H13Cl3N2O/c1-2-11-10-23-18-12(13(11)9-20)5-3-8-16(18)24-19(25)17-14(21)6-4-7-15(17)22/h2-8,10H,1,9H2,(H,24,25). The van der Waals surface area contributed by atoms with Crippen LogP contribution in [0.3, 0.4) is 0 Å². The summed E-state index contributed by atoms with van der Waals surface area (Å²) in [5.41, 5.74) is 3.19. The maximum absolute atomic E-state index is 12.6. The number of nitrogens with one attached hydrogen (secondary N) is 1. The molecule has 0 radical (unpaired) electrons. The number of hydrogen-bond donors (Lipinski definition) is 1. The van der Waals surface area contributed by atoms with Gasteiger partial charge in [0.05, 0.1) is 26.8 Å². The van der Waals surface area contributed by atoms with E-state index in [-0.39, 0.29) is 15.6 Å². The zero-order valence-electron chi connectivity index (χ0n) is 13.0. The fourth-order valence-electron chi connectivity index (χ4n) is 2.62. The number of halogens is 3. The molecule has 3 rings (SSSR count). The van der Waals surface area contributed by atoms with Gasteiger partial charge < -0.3 is 5.32 Å². The van der Waals surface area contributed by atoms with Gasteiger partial charge in [-0.05, 0) is 29.3 Å². The third-order valence-corrected chi connectivity index (χ3v) is 4.73. The maximum Gasteiger partial charge on any atom is 0.258 e. The van der Waals surface area contributed by atoms with Crippen LogP contribution in [0.4, 0.5) is 5.69 Å². The van der Waals surface area contributed by atoms with E-state index in [9.17, 15) is 4.79 Å². The van der Waals surface area contributed by atoms with Gasteiger partial charge in [0.1, 0.15) is 0 Å². The molecule has 3 nitrogen and oxygen atoms in total. The summed E-state index contributed by atoms with van der Waals surface area (Å²) in [5.74, 6) is -0.0844. The van der Waals surface area contributed by atoms with E-state index in [2.05, 4.69) is 16.9 Å². The fraction of sp³-hybridized carbons (Fsp3) is 0.0526. The van der Waals surface area contributed by atoms with Gasteiger partial charge in [-0.3, -0.25) is 9.78 Å². The highest BCUT2D eigenvalue weighted by Crippen LogP contribution is 2.30. The van der Waals surface area contributed by atoms with Gasteiger partial charge in [0.25, 0.3) is 5.91 Å². The van der Waals surface area contributed by atoms with E-state index < -0.39 is 5.91 Å². The molecule has 1 heterocycles. The summed E-state index contributed by atoms with van der Waals surface area (Å²) in [7, 11) is 0. The smallest absolute Gasteiger partial charge is 0.258 e. The van der Waals surface area contributed by atoms with Gasteiger partial charge in [-0.2, -0.15) is 0 Å². The third-order valence-electron chi connectivity index (χ3n) is 3.83. The predicted octanol–water partition coefficient (Wildman–Crippen LogP) is 6.18. The van der Waals surface area contributed by atoms with E-state index >= 15 is 0 Å². The number of anilines is 1. The van der Waals surface area contributed by atoms with Crippen molar-refractivity contribution in [3.05, 3.63) is 75.9 Å². The molecule has 25 heavy (non-hydrogen) atoms. The topological polar surface area (TPSA) is 42.0 Å². The summed E-state index contributed by atoms with van der Waals surface area (Å²) < 4.78 is 0. The minimum Gasteiger partial charge on any atom is -0.320 e. The second-order valence-electron chi connectivity index (χ2n) is 5.28. The number of alkyl halides is 1. The van der Waals surface area contributed by atoms with Crippen LogP contribution in [-0.4, -0.2) is 10.9 Å². The van der Waals surface area contributed by atoms with E-state index in [1.807, 2.05) is 12.1 Å². The Morgan fingerprint density at radius 2 is 1.84 bits per heavy atom. The Labute approximate surface area is 160 Å². The molecule has 0 saturated carbocycles. The monoisotopic (exact) mass is 390 g/mol. The van der Waals surface area contributed by atoms with Crippen LogP contribution in [0.2, 0.25) is 10.0 Å². The summed E-state index contributed by atoms with van der Waals surface area (Å²) in [6.45, 7) is 3.78. The molecule has 0 atom stereocenters. The Bertz CT molecular complexity index is 966. The molecule has 0 aliphatic carbocycles. The zero-order valence-corrected chi connectivity index (χ0v) is 15.3. The van der Waals surface area contributed by atoms with Crippen LogP contribution in [0.1, 0.15) is 21.5 Å². The molecular formula is C19H13Cl3N2O. The third kappa shape index (κ3) is 3.36. The summed E-state index contributed by atoms with van der Waals surface area (Å²) >= 11 is 18.3. The first kappa shape index (κ1) is 17.7. The van der Waals surface area contributed by atoms with Gasteiger partial charge in [0.2, 0.25) is 0 Å². The lowest BCUT2D eigenvalue weighted by Crippen LogP contribution is -2.13. The maximum atomic E-state index is 12.6. The number of nitrogens with zero attached hydrogens (tertiary/aromatic N) is 1. The van der Waals surface area contributed by atoms with Gasteiger partial charge in [-0.1, -0.05) is 54.1 Å². The van der Waals surface area contributed by atoms with Gasteiger partial charge in [-0.15, -0.1) is 11.6 Å². The Hall–Kier alpha value is -2.07. The highest BCUT2D eigenvalue weighted by atomic mass is 35.5. The van der Waals surface area contributed by atoms with E-state index in [1.165, 1.54) is 0 Å². The molecule has 2 aromatic carbocycles. The van der Waals surface area contributed by atoms with Crippen molar-refractivity contribution in [3.8, 4) is 0 Å². The molecule has 0 aliphatic rings. The van der Waals surface area contributed by atoms with Crippen molar-refractivity contribution >= 4 is 63.4 Å². The van der Waals surface area contributed by atoms with E-state index in [4.69, 9.17) is 34.8 Å². The van der Waals surface area contributed by atoms with Crippen molar-refractivity contribution in [1.82, 2.24) is 4.98 Å². The average Bonchev–Trinajstić information content (AvgIpc) is 2.60. The summed E-state index contributed by atoms with van der Waals surface area (Å²) in [4.78, 5) is 17.1. The lowest BCUT2D eigenvalue weighted by molar-refractivity contribution is 0.102. The van der Waals surface area contributed by atoms with Crippen molar-refractivity contribution in [2.45, 2.75) is 5.88 Å². The zero-order chi connectivity index (χ0) is 18.0. The molecule has 1 N–H and O–H groups in total. The van der Waals surface area contributed by atoms with E-state index in [1.54, 1.807) is 36.5 Å². The molecule has 1 amide bonds. The number of rotatable bonds is 4. The van der Waals surface area contributed by atoms with Crippen molar-refractivity contribution in [2.75, 3.05) is 5.32 Å². The SMILES string of the molecule is C=Cc1cnc2c(NC(=O)c3c(Cl)cccc3Cl)cccc2c1CCl. The number of carbonyl (C=O) groups is 1. The Balaban J connectivity index is 2.08. The van der Waals surface area contributed by atoms with E-state index in [0.29, 0.717) is 17.1 Å². The summed E-state index contributed by atoms with van der Waals surface area (Å²) in [6.07, 6.45) is 3.39. The molecule has 1 aromatic heterocycles. The second kappa shape index (κ2) is 7.44. The quantitative estimate of drug-likeness (QED) is 0.540. The van der Waals surface area contributed by atoms with Gasteiger partial charge in [-0.25, -0.2) is 0 Å². The fourth-order valence-corrected chi connectivity index (χ4v) is 3.49. The minimum absolute atomic E-state index is 0.225. The van der Waals surface area contributed by atoms with Crippen molar-refractivity contribution < 1.29 is 4.79 Å². The number of para-hydroxylation sites is 1. The lowest BCUT2D eigenvalue weighted by Gasteiger charge is -2.13. The van der Waals surface area contributed by atoms with Gasteiger partial charge in [0.15, 0.2) is 0 Å². The molecule has 126 valence electrons. The Morgan fingerprint density at radius 3 is 2.48 bits per heavy atom. The first-order chi connectivity index (χ1) is 12.1. The number of benzene rings is 2. The molecule has 0 spiro atoms. The number of amides is 1. The molecule has 0 saturated heterocycles. The van der Waals surface area contributed by atoms with Crippen LogP contribution in [0.5, 0.6) is 0 Å². The predicted molar refractivity (Wildman–Crippen MR) is 106 cm³/mol. The molecule has 6 heteroatoms. The van der Waals surface area contributed by atoms with Gasteiger partial charge in [0, 0.05) is 17.5 Å². The van der Waals surface area contributed by atoms with Crippen LogP contribution >= 0.6 is 34.8 Å². The average molecular weight is 392 g/mol. The minimum atomic E-state index is -0.398. The normalized spacial score (nSPS) is 10.7. The largest absolute Gasteiger partial charge is 0.320 e. The van der Waals surface area contributed by atoms with Crippen molar-refractivity contribution in [1.29, 1.82) is 0 Å². The van der Waals surface area contributed by atoms with Crippen LogP contribution in [0.15, 0.2) is 49.2 Å². The van der Waals surface area contributed by atoms with Crippen LogP contribution in [0, 0.1) is 0 Å². The second-order valence-corrected chi connectivity index (χ2v) is 6.36. The summed E-state index contributed by atoms with van der Waals surface area (Å²) in [5, 5.41) is 4.26. The number of pyridine rings is 1. The highest BCUT2D eigenvalue weighted by Gasteiger charge is 2.17. The van der Waals surface area contributed by atoms with Gasteiger partial charge >= 0.3 is 0 Å². The van der Waals surface area contributed by atoms with Crippen LogP contribution in [0.25, 0.3) is 17.0 Å². The lowest BCUT2D eigenvalue weighted by atomic mass is 10.0. The Kier molecular flexibility index (Phi) is 5.28. The first-order valence-corrected chi connectivity index (χ1v) is 8.70. The highest BCUT2D eigenvalue weighted by molar-refractivity contribution is 6.40. The van der Waals surface area contributed by atoms with Crippen LogP contribution < -0.4 is 5.32 Å². The molecule has 0 fully saturated rings. The van der Waals surface area contributed by atoms with E-state index in [0.717, 1.165) is 16.5 Å². The molecular weight excluding hydrogens is 379 g/mol. The number of fused-ring (bicyclic) bond motifs is 1. The molecule has 0 unspecified atom stereocenters. The number of hydrogen-bond acceptors (Lipinski definition) is 2. The molecule has 3 aromatic rings. The number of aromatic nitrogens is 1. The number of carbonyl (C=O) groups excluding carboxylic acids is 1. The molecule has 0 aliphatic heterocycles. The summed E-state index contributed by atoms with van der Waals surface area (Å²) in [6, 6.07) is 10.4. The Morgan fingerprint density at radius 1 is 1.16 bits per heavy atom. The first-order valence-electron chi connectivity index (χ1n) is 7.41. The molecule has 0 bridgehead atoms. The van der Waals surface area contributed by atoms with Crippen LogP contribution in [-0.2, 0) is 5.88 Å². The van der Waals surface area contributed by atoms with Crippen molar-refractivity contribution in [3.63, 3.8) is 0 Å². The van der Waals surface area contributed by atoms with Crippen molar-refractivity contribution in [2.24, 2.45) is 0 Å².